The Kier molecular flexibility index (Phi) is 2.33. The van der Waals surface area contributed by atoms with Crippen LogP contribution in [0.25, 0.3) is 11.0 Å². The van der Waals surface area contributed by atoms with Gasteiger partial charge in [0.25, 0.3) is 0 Å². The van der Waals surface area contributed by atoms with Gasteiger partial charge < -0.3 is 4.42 Å². The largest absolute Gasteiger partial charge is 0.422 e. The summed E-state index contributed by atoms with van der Waals surface area (Å²) in [5.74, 6) is 0. The van der Waals surface area contributed by atoms with E-state index in [1.165, 1.54) is 0 Å². The molecule has 0 saturated heterocycles. The van der Waals surface area contributed by atoms with E-state index < -0.39 is 5.63 Å². The summed E-state index contributed by atoms with van der Waals surface area (Å²) in [5, 5.41) is 9.58. The molecule has 0 saturated carbocycles. The lowest BCUT2D eigenvalue weighted by atomic mass is 10.1. The minimum atomic E-state index is -0.583. The first-order valence-electron chi connectivity index (χ1n) is 4.26. The normalized spacial score (nSPS) is 10.2. The average molecular weight is 264 g/mol. The first-order chi connectivity index (χ1) is 7.13. The Morgan fingerprint density at radius 1 is 1.47 bits per heavy atom. The van der Waals surface area contributed by atoms with Gasteiger partial charge in [-0.3, -0.25) is 0 Å². The summed E-state index contributed by atoms with van der Waals surface area (Å²) in [5.41, 5.74) is 0.646. The molecule has 3 nitrogen and oxygen atoms in total. The van der Waals surface area contributed by atoms with E-state index >= 15 is 0 Å². The van der Waals surface area contributed by atoms with Crippen molar-refractivity contribution in [2.24, 2.45) is 0 Å². The van der Waals surface area contributed by atoms with Crippen LogP contribution in [-0.2, 0) is 0 Å². The van der Waals surface area contributed by atoms with Gasteiger partial charge in [0.15, 0.2) is 0 Å². The zero-order valence-electron chi connectivity index (χ0n) is 7.87. The van der Waals surface area contributed by atoms with Crippen LogP contribution in [-0.4, -0.2) is 0 Å². The first-order valence-corrected chi connectivity index (χ1v) is 5.06. The van der Waals surface area contributed by atoms with Crippen LogP contribution >= 0.6 is 15.9 Å². The van der Waals surface area contributed by atoms with E-state index in [2.05, 4.69) is 15.9 Å². The molecule has 2 rings (SSSR count). The Hall–Kier alpha value is -1.60. The summed E-state index contributed by atoms with van der Waals surface area (Å²) in [7, 11) is 0. The predicted octanol–water partition coefficient (Wildman–Crippen LogP) is 2.74. The van der Waals surface area contributed by atoms with Gasteiger partial charge in [-0.15, -0.1) is 0 Å². The molecular weight excluding hydrogens is 258 g/mol. The van der Waals surface area contributed by atoms with Crippen LogP contribution in [0.3, 0.4) is 0 Å². The van der Waals surface area contributed by atoms with Gasteiger partial charge in [-0.2, -0.15) is 5.26 Å². The number of halogens is 1. The van der Waals surface area contributed by atoms with E-state index in [0.29, 0.717) is 11.1 Å². The number of nitriles is 1. The van der Waals surface area contributed by atoms with Gasteiger partial charge in [-0.25, -0.2) is 4.79 Å². The Morgan fingerprint density at radius 2 is 2.20 bits per heavy atom. The summed E-state index contributed by atoms with van der Waals surface area (Å²) < 4.78 is 5.87. The van der Waals surface area contributed by atoms with Crippen molar-refractivity contribution in [3.8, 4) is 6.07 Å². The van der Waals surface area contributed by atoms with Crippen molar-refractivity contribution in [2.45, 2.75) is 6.92 Å². The first kappa shape index (κ1) is 9.94. The van der Waals surface area contributed by atoms with Crippen LogP contribution in [0.5, 0.6) is 0 Å². The maximum absolute atomic E-state index is 11.4. The number of hydrogen-bond acceptors (Lipinski definition) is 3. The fraction of sp³-hybridized carbons (Fsp3) is 0.0909. The highest BCUT2D eigenvalue weighted by atomic mass is 79.9. The third-order valence-electron chi connectivity index (χ3n) is 2.24. The standard InChI is InChI=1S/C11H6BrNO2/c1-6-8-3-2-7(12)4-10(8)15-11(14)9(6)5-13/h2-4H,1H3. The maximum atomic E-state index is 11.4. The molecular formula is C11H6BrNO2. The van der Waals surface area contributed by atoms with Gasteiger partial charge in [0.1, 0.15) is 17.2 Å². The molecule has 0 unspecified atom stereocenters. The van der Waals surface area contributed by atoms with Crippen molar-refractivity contribution in [2.75, 3.05) is 0 Å². The Balaban J connectivity index is 2.99. The molecule has 2 aromatic rings. The molecule has 0 aliphatic rings. The highest BCUT2D eigenvalue weighted by Gasteiger charge is 2.10. The molecule has 74 valence electrons. The smallest absolute Gasteiger partial charge is 0.354 e. The monoisotopic (exact) mass is 263 g/mol. The Morgan fingerprint density at radius 3 is 2.87 bits per heavy atom. The van der Waals surface area contributed by atoms with E-state index in [4.69, 9.17) is 9.68 Å². The molecule has 0 bridgehead atoms. The number of aryl methyl sites for hydroxylation is 1. The summed E-state index contributed by atoms with van der Waals surface area (Å²) >= 11 is 3.29. The molecule has 15 heavy (non-hydrogen) atoms. The number of hydrogen-bond donors (Lipinski definition) is 0. The summed E-state index contributed by atoms with van der Waals surface area (Å²) in [6.45, 7) is 1.74. The minimum Gasteiger partial charge on any atom is -0.422 e. The molecule has 1 aromatic carbocycles. The second-order valence-corrected chi connectivity index (χ2v) is 4.06. The molecule has 0 spiro atoms. The van der Waals surface area contributed by atoms with Gasteiger partial charge in [0.05, 0.1) is 0 Å². The topological polar surface area (TPSA) is 54.0 Å². The molecule has 0 fully saturated rings. The van der Waals surface area contributed by atoms with Crippen LogP contribution in [0.4, 0.5) is 0 Å². The highest BCUT2D eigenvalue weighted by molar-refractivity contribution is 9.10. The van der Waals surface area contributed by atoms with Gasteiger partial charge in [-0.1, -0.05) is 15.9 Å². The molecule has 0 aliphatic carbocycles. The molecule has 4 heteroatoms. The van der Waals surface area contributed by atoms with Crippen molar-refractivity contribution in [3.63, 3.8) is 0 Å². The number of benzene rings is 1. The molecule has 0 aliphatic heterocycles. The summed E-state index contributed by atoms with van der Waals surface area (Å²) in [6, 6.07) is 7.23. The van der Waals surface area contributed by atoms with E-state index in [9.17, 15) is 4.79 Å². The molecule has 1 heterocycles. The van der Waals surface area contributed by atoms with Crippen molar-refractivity contribution in [3.05, 3.63) is 44.2 Å². The highest BCUT2D eigenvalue weighted by Crippen LogP contribution is 2.22. The molecule has 0 N–H and O–H groups in total. The molecule has 0 amide bonds. The molecule has 1 aromatic heterocycles. The van der Waals surface area contributed by atoms with E-state index in [0.717, 1.165) is 9.86 Å². The van der Waals surface area contributed by atoms with Crippen LogP contribution in [0.2, 0.25) is 0 Å². The van der Waals surface area contributed by atoms with Crippen LogP contribution < -0.4 is 5.63 Å². The number of nitrogens with zero attached hydrogens (tertiary/aromatic N) is 1. The zero-order valence-corrected chi connectivity index (χ0v) is 9.46. The van der Waals surface area contributed by atoms with Gasteiger partial charge in [0.2, 0.25) is 0 Å². The summed E-state index contributed by atoms with van der Waals surface area (Å²) in [4.78, 5) is 11.4. The van der Waals surface area contributed by atoms with Gasteiger partial charge >= 0.3 is 5.63 Å². The van der Waals surface area contributed by atoms with Crippen LogP contribution in [0.15, 0.2) is 31.9 Å². The van der Waals surface area contributed by atoms with Crippen LogP contribution in [0, 0.1) is 18.3 Å². The second kappa shape index (κ2) is 3.52. The van der Waals surface area contributed by atoms with Crippen molar-refractivity contribution in [1.29, 1.82) is 5.26 Å². The SMILES string of the molecule is Cc1c(C#N)c(=O)oc2cc(Br)ccc12. The molecule has 0 radical (unpaired) electrons. The average Bonchev–Trinajstić information content (AvgIpc) is 2.17. The lowest BCUT2D eigenvalue weighted by molar-refractivity contribution is 0.557. The summed E-state index contributed by atoms with van der Waals surface area (Å²) in [6.07, 6.45) is 0. The Bertz CT molecular complexity index is 637. The van der Waals surface area contributed by atoms with E-state index in [1.54, 1.807) is 13.0 Å². The zero-order chi connectivity index (χ0) is 11.0. The van der Waals surface area contributed by atoms with Gasteiger partial charge in [0, 0.05) is 9.86 Å². The predicted molar refractivity (Wildman–Crippen MR) is 59.6 cm³/mol. The third kappa shape index (κ3) is 1.55. The fourth-order valence-corrected chi connectivity index (χ4v) is 1.80. The lowest BCUT2D eigenvalue weighted by Gasteiger charge is -2.02. The fourth-order valence-electron chi connectivity index (χ4n) is 1.46. The Labute approximate surface area is 94.1 Å². The minimum absolute atomic E-state index is 0.0739. The maximum Gasteiger partial charge on any atom is 0.354 e. The van der Waals surface area contributed by atoms with E-state index in [-0.39, 0.29) is 5.56 Å². The lowest BCUT2D eigenvalue weighted by Crippen LogP contribution is -2.06. The molecule has 0 atom stereocenters. The second-order valence-electron chi connectivity index (χ2n) is 3.14. The number of fused-ring (bicyclic) bond motifs is 1. The van der Waals surface area contributed by atoms with E-state index in [1.807, 2.05) is 18.2 Å². The van der Waals surface area contributed by atoms with Gasteiger partial charge in [-0.05, 0) is 30.7 Å². The van der Waals surface area contributed by atoms with Crippen LogP contribution in [0.1, 0.15) is 11.1 Å². The van der Waals surface area contributed by atoms with Crippen molar-refractivity contribution in [1.82, 2.24) is 0 Å². The quantitative estimate of drug-likeness (QED) is 0.687. The van der Waals surface area contributed by atoms with Crippen molar-refractivity contribution < 1.29 is 4.42 Å². The number of rotatable bonds is 0. The third-order valence-corrected chi connectivity index (χ3v) is 2.73. The van der Waals surface area contributed by atoms with Crippen molar-refractivity contribution >= 4 is 26.9 Å².